The van der Waals surface area contributed by atoms with Crippen molar-refractivity contribution < 1.29 is 10.2 Å². The Hall–Kier alpha value is -2.44. The fourth-order valence-corrected chi connectivity index (χ4v) is 3.86. The van der Waals surface area contributed by atoms with E-state index in [0.717, 1.165) is 48.0 Å². The molecule has 1 saturated carbocycles. The van der Waals surface area contributed by atoms with Crippen LogP contribution in [0.4, 0.5) is 5.95 Å². The molecule has 0 saturated heterocycles. The highest BCUT2D eigenvalue weighted by Crippen LogP contribution is 2.30. The minimum atomic E-state index is -0.907. The van der Waals surface area contributed by atoms with Crippen molar-refractivity contribution in [3.8, 4) is 5.82 Å². The third-order valence-electron chi connectivity index (χ3n) is 5.31. The second kappa shape index (κ2) is 6.94. The van der Waals surface area contributed by atoms with Crippen molar-refractivity contribution >= 4 is 16.9 Å². The molecule has 0 radical (unpaired) electrons. The Labute approximate surface area is 158 Å². The van der Waals surface area contributed by atoms with E-state index in [4.69, 9.17) is 0 Å². The summed E-state index contributed by atoms with van der Waals surface area (Å²) in [4.78, 5) is 9.05. The average molecular weight is 366 g/mol. The van der Waals surface area contributed by atoms with Gasteiger partial charge >= 0.3 is 0 Å². The Balaban J connectivity index is 1.64. The lowest BCUT2D eigenvalue weighted by Crippen LogP contribution is -2.29. The van der Waals surface area contributed by atoms with Gasteiger partial charge in [0, 0.05) is 23.8 Å². The van der Waals surface area contributed by atoms with Crippen molar-refractivity contribution in [2.75, 3.05) is 5.32 Å². The van der Waals surface area contributed by atoms with Gasteiger partial charge in [0.05, 0.1) is 17.2 Å². The van der Waals surface area contributed by atoms with Crippen molar-refractivity contribution in [3.05, 3.63) is 48.3 Å². The van der Waals surface area contributed by atoms with Crippen LogP contribution in [0.5, 0.6) is 0 Å². The van der Waals surface area contributed by atoms with E-state index >= 15 is 0 Å². The Kier molecular flexibility index (Phi) is 4.61. The summed E-state index contributed by atoms with van der Waals surface area (Å²) in [7, 11) is 0. The van der Waals surface area contributed by atoms with E-state index in [2.05, 4.69) is 15.3 Å². The summed E-state index contributed by atoms with van der Waals surface area (Å²) in [6, 6.07) is 10.1. The number of benzene rings is 1. The van der Waals surface area contributed by atoms with Crippen LogP contribution < -0.4 is 5.32 Å². The predicted molar refractivity (Wildman–Crippen MR) is 106 cm³/mol. The summed E-state index contributed by atoms with van der Waals surface area (Å²) in [6.45, 7) is 3.60. The molecular formula is C21H26N4O2. The number of nitrogens with zero attached hydrogens (tertiary/aromatic N) is 3. The number of anilines is 1. The molecule has 3 aromatic rings. The quantitative estimate of drug-likeness (QED) is 0.659. The van der Waals surface area contributed by atoms with Crippen LogP contribution in [0, 0.1) is 0 Å². The van der Waals surface area contributed by atoms with Crippen molar-refractivity contribution in [1.29, 1.82) is 0 Å². The highest BCUT2D eigenvalue weighted by molar-refractivity contribution is 5.85. The first kappa shape index (κ1) is 17.9. The molecule has 4 rings (SSSR count). The molecule has 0 aliphatic heterocycles. The Morgan fingerprint density at radius 3 is 2.63 bits per heavy atom. The molecule has 1 aliphatic carbocycles. The molecule has 0 amide bonds. The second-order valence-electron chi connectivity index (χ2n) is 7.87. The molecule has 6 nitrogen and oxygen atoms in total. The Morgan fingerprint density at radius 1 is 1.11 bits per heavy atom. The highest BCUT2D eigenvalue weighted by atomic mass is 16.3. The molecule has 3 N–H and O–H groups in total. The lowest BCUT2D eigenvalue weighted by molar-refractivity contribution is 0.0802. The molecule has 1 fully saturated rings. The van der Waals surface area contributed by atoms with E-state index in [1.54, 1.807) is 20.0 Å². The standard InChI is InChI=1S/C21H26N4O2/c1-21(2,27)17-4-3-5-18-16(17)11-13-25(18)19-10-12-22-20(24-19)23-14-6-8-15(26)9-7-14/h3-5,10-15,26-27H,6-9H2,1-2H3,(H,22,23,24)/t14-,15-. The van der Waals surface area contributed by atoms with Gasteiger partial charge in [-0.25, -0.2) is 4.98 Å². The van der Waals surface area contributed by atoms with Gasteiger partial charge in [0.1, 0.15) is 5.82 Å². The number of aliphatic hydroxyl groups is 2. The molecule has 1 aliphatic rings. The van der Waals surface area contributed by atoms with E-state index in [9.17, 15) is 10.2 Å². The summed E-state index contributed by atoms with van der Waals surface area (Å²) in [5.74, 6) is 1.39. The zero-order valence-corrected chi connectivity index (χ0v) is 15.8. The van der Waals surface area contributed by atoms with E-state index in [0.29, 0.717) is 12.0 Å². The fraction of sp³-hybridized carbons (Fsp3) is 0.429. The summed E-state index contributed by atoms with van der Waals surface area (Å²) < 4.78 is 2.02. The Bertz CT molecular complexity index is 937. The Morgan fingerprint density at radius 2 is 1.89 bits per heavy atom. The number of aromatic nitrogens is 3. The van der Waals surface area contributed by atoms with Crippen LogP contribution in [0.25, 0.3) is 16.7 Å². The SMILES string of the molecule is CC(C)(O)c1cccc2c1ccn2-c1ccnc(N[C@H]2CC[C@H](O)CC2)n1. The van der Waals surface area contributed by atoms with Crippen molar-refractivity contribution in [1.82, 2.24) is 14.5 Å². The van der Waals surface area contributed by atoms with Gasteiger partial charge < -0.3 is 20.1 Å². The van der Waals surface area contributed by atoms with Crippen molar-refractivity contribution in [2.45, 2.75) is 57.3 Å². The van der Waals surface area contributed by atoms with Gasteiger partial charge in [0.25, 0.3) is 0 Å². The largest absolute Gasteiger partial charge is 0.393 e. The third kappa shape index (κ3) is 3.68. The molecule has 142 valence electrons. The molecule has 1 aromatic carbocycles. The van der Waals surface area contributed by atoms with Gasteiger partial charge in [0.15, 0.2) is 0 Å². The van der Waals surface area contributed by atoms with Gasteiger partial charge in [-0.2, -0.15) is 4.98 Å². The molecule has 27 heavy (non-hydrogen) atoms. The number of aliphatic hydroxyl groups excluding tert-OH is 1. The van der Waals surface area contributed by atoms with Crippen LogP contribution in [0.1, 0.15) is 45.1 Å². The number of rotatable bonds is 4. The molecule has 2 heterocycles. The third-order valence-corrected chi connectivity index (χ3v) is 5.31. The summed E-state index contributed by atoms with van der Waals surface area (Å²) in [6.07, 6.45) is 7.05. The monoisotopic (exact) mass is 366 g/mol. The smallest absolute Gasteiger partial charge is 0.224 e. The lowest BCUT2D eigenvalue weighted by Gasteiger charge is -2.26. The maximum atomic E-state index is 10.4. The van der Waals surface area contributed by atoms with E-state index in [1.165, 1.54) is 0 Å². The second-order valence-corrected chi connectivity index (χ2v) is 7.87. The molecule has 2 aromatic heterocycles. The van der Waals surface area contributed by atoms with E-state index < -0.39 is 5.60 Å². The summed E-state index contributed by atoms with van der Waals surface area (Å²) in [5.41, 5.74) is 0.988. The van der Waals surface area contributed by atoms with Crippen LogP contribution in [0.2, 0.25) is 0 Å². The van der Waals surface area contributed by atoms with Gasteiger partial charge in [-0.15, -0.1) is 0 Å². The first-order valence-corrected chi connectivity index (χ1v) is 9.53. The molecular weight excluding hydrogens is 340 g/mol. The van der Waals surface area contributed by atoms with Crippen LogP contribution in [-0.2, 0) is 5.60 Å². The van der Waals surface area contributed by atoms with Gasteiger partial charge in [-0.05, 0) is 63.3 Å². The fourth-order valence-electron chi connectivity index (χ4n) is 3.86. The van der Waals surface area contributed by atoms with Crippen LogP contribution in [0.15, 0.2) is 42.7 Å². The zero-order chi connectivity index (χ0) is 19.0. The first-order valence-electron chi connectivity index (χ1n) is 9.53. The minimum Gasteiger partial charge on any atom is -0.393 e. The van der Waals surface area contributed by atoms with Crippen molar-refractivity contribution in [3.63, 3.8) is 0 Å². The van der Waals surface area contributed by atoms with E-state index in [-0.39, 0.29) is 6.10 Å². The van der Waals surface area contributed by atoms with Crippen LogP contribution in [0.3, 0.4) is 0 Å². The maximum Gasteiger partial charge on any atom is 0.224 e. The van der Waals surface area contributed by atoms with Crippen molar-refractivity contribution in [2.24, 2.45) is 0 Å². The maximum absolute atomic E-state index is 10.4. The summed E-state index contributed by atoms with van der Waals surface area (Å²) in [5, 5.41) is 24.5. The van der Waals surface area contributed by atoms with Gasteiger partial charge in [-0.3, -0.25) is 0 Å². The molecule has 0 spiro atoms. The topological polar surface area (TPSA) is 83.2 Å². The highest BCUT2D eigenvalue weighted by Gasteiger charge is 2.21. The molecule has 0 atom stereocenters. The zero-order valence-electron chi connectivity index (χ0n) is 15.8. The predicted octanol–water partition coefficient (Wildman–Crippen LogP) is 3.36. The lowest BCUT2D eigenvalue weighted by atomic mass is 9.93. The van der Waals surface area contributed by atoms with E-state index in [1.807, 2.05) is 41.1 Å². The number of nitrogens with one attached hydrogen (secondary N) is 1. The number of fused-ring (bicyclic) bond motifs is 1. The molecule has 0 bridgehead atoms. The summed E-state index contributed by atoms with van der Waals surface area (Å²) >= 11 is 0. The minimum absolute atomic E-state index is 0.175. The number of hydrogen-bond donors (Lipinski definition) is 3. The van der Waals surface area contributed by atoms with Crippen LogP contribution >= 0.6 is 0 Å². The number of hydrogen-bond acceptors (Lipinski definition) is 5. The van der Waals surface area contributed by atoms with Gasteiger partial charge in [-0.1, -0.05) is 12.1 Å². The first-order chi connectivity index (χ1) is 12.9. The molecule has 0 unspecified atom stereocenters. The van der Waals surface area contributed by atoms with Gasteiger partial charge in [0.2, 0.25) is 5.95 Å². The normalized spacial score (nSPS) is 20.7. The average Bonchev–Trinajstić information content (AvgIpc) is 3.07. The van der Waals surface area contributed by atoms with Crippen LogP contribution in [-0.4, -0.2) is 36.9 Å². The molecule has 6 heteroatoms.